The molecule has 0 spiro atoms. The van der Waals surface area contributed by atoms with Crippen molar-refractivity contribution in [3.05, 3.63) is 95.5 Å². The van der Waals surface area contributed by atoms with Crippen LogP contribution in [-0.4, -0.2) is 0 Å². The van der Waals surface area contributed by atoms with Crippen LogP contribution in [0.3, 0.4) is 0 Å². The fourth-order valence-corrected chi connectivity index (χ4v) is 3.21. The van der Waals surface area contributed by atoms with Gasteiger partial charge in [0.2, 0.25) is 0 Å². The molecule has 0 fully saturated rings. The number of hydrogen-bond acceptors (Lipinski definition) is 1. The fraction of sp³-hybridized carbons (Fsp3) is 0. The molecule has 0 aliphatic heterocycles. The quantitative estimate of drug-likeness (QED) is 0.407. The van der Waals surface area contributed by atoms with E-state index in [0.29, 0.717) is 0 Å². The van der Waals surface area contributed by atoms with Gasteiger partial charge in [0.15, 0.2) is 0 Å². The maximum Gasteiger partial charge on any atom is 0.0543 e. The molecule has 4 rings (SSSR count). The molecule has 0 radical (unpaired) electrons. The molecule has 4 aromatic rings. The van der Waals surface area contributed by atoms with Crippen LogP contribution in [0.5, 0.6) is 0 Å². The largest absolute Gasteiger partial charge is 0.355 e. The van der Waals surface area contributed by atoms with Crippen molar-refractivity contribution in [2.75, 3.05) is 5.32 Å². The Labute approximate surface area is 150 Å². The van der Waals surface area contributed by atoms with E-state index in [0.717, 1.165) is 15.8 Å². The Kier molecular flexibility index (Phi) is 4.06. The van der Waals surface area contributed by atoms with Crippen molar-refractivity contribution < 1.29 is 0 Å². The van der Waals surface area contributed by atoms with Crippen molar-refractivity contribution in [1.82, 2.24) is 0 Å². The van der Waals surface area contributed by atoms with E-state index in [4.69, 9.17) is 0 Å². The summed E-state index contributed by atoms with van der Waals surface area (Å²) in [6, 6.07) is 31.6. The van der Waals surface area contributed by atoms with Gasteiger partial charge in [-0.05, 0) is 35.2 Å². The predicted octanol–water partition coefficient (Wildman–Crippen LogP) is 7.01. The number of fused-ring (bicyclic) bond motifs is 1. The molecule has 2 heteroatoms. The number of rotatable bonds is 3. The van der Waals surface area contributed by atoms with Gasteiger partial charge in [-0.1, -0.05) is 82.7 Å². The first-order chi connectivity index (χ1) is 11.8. The molecule has 1 nitrogen and oxygen atoms in total. The fourth-order valence-electron chi connectivity index (χ4n) is 2.94. The first-order valence-electron chi connectivity index (χ1n) is 7.91. The molecule has 0 bridgehead atoms. The molecule has 0 atom stereocenters. The summed E-state index contributed by atoms with van der Waals surface area (Å²) in [5, 5.41) is 6.08. The summed E-state index contributed by atoms with van der Waals surface area (Å²) in [6.07, 6.45) is 0. The van der Waals surface area contributed by atoms with Gasteiger partial charge in [0.25, 0.3) is 0 Å². The Balaban J connectivity index is 1.91. The molecular weight excluding hydrogens is 358 g/mol. The van der Waals surface area contributed by atoms with E-state index in [1.807, 2.05) is 6.07 Å². The number of nitrogens with one attached hydrogen (secondary N) is 1. The Bertz CT molecular complexity index is 976. The summed E-state index contributed by atoms with van der Waals surface area (Å²) in [5.74, 6) is 0. The molecule has 0 unspecified atom stereocenters. The zero-order valence-electron chi connectivity index (χ0n) is 13.0. The monoisotopic (exact) mass is 373 g/mol. The van der Waals surface area contributed by atoms with Crippen LogP contribution < -0.4 is 5.32 Å². The Morgan fingerprint density at radius 3 is 2.12 bits per heavy atom. The van der Waals surface area contributed by atoms with Crippen LogP contribution in [0.4, 0.5) is 11.4 Å². The van der Waals surface area contributed by atoms with Crippen molar-refractivity contribution in [1.29, 1.82) is 0 Å². The summed E-state index contributed by atoms with van der Waals surface area (Å²) in [7, 11) is 0. The standard InChI is InChI=1S/C22H16BrN/c23-18-11-13-19(14-12-18)24-22-20-9-5-4-8-17(20)10-15-21(22)16-6-2-1-3-7-16/h1-15,24H. The third-order valence-electron chi connectivity index (χ3n) is 4.13. The summed E-state index contributed by atoms with van der Waals surface area (Å²) >= 11 is 3.49. The zero-order valence-corrected chi connectivity index (χ0v) is 14.6. The Morgan fingerprint density at radius 2 is 1.33 bits per heavy atom. The van der Waals surface area contributed by atoms with Crippen LogP contribution >= 0.6 is 15.9 Å². The predicted molar refractivity (Wildman–Crippen MR) is 107 cm³/mol. The maximum atomic E-state index is 3.62. The van der Waals surface area contributed by atoms with Crippen LogP contribution in [0, 0.1) is 0 Å². The van der Waals surface area contributed by atoms with Gasteiger partial charge in [0.1, 0.15) is 0 Å². The van der Waals surface area contributed by atoms with Crippen molar-refractivity contribution in [2.45, 2.75) is 0 Å². The van der Waals surface area contributed by atoms with Gasteiger partial charge >= 0.3 is 0 Å². The second kappa shape index (κ2) is 6.50. The first kappa shape index (κ1) is 15.0. The molecule has 0 aliphatic carbocycles. The first-order valence-corrected chi connectivity index (χ1v) is 8.70. The lowest BCUT2D eigenvalue weighted by atomic mass is 9.98. The third-order valence-corrected chi connectivity index (χ3v) is 4.66. The molecule has 0 aromatic heterocycles. The van der Waals surface area contributed by atoms with Gasteiger partial charge in [0.05, 0.1) is 5.69 Å². The van der Waals surface area contributed by atoms with Crippen LogP contribution in [0.15, 0.2) is 95.5 Å². The van der Waals surface area contributed by atoms with E-state index in [1.54, 1.807) is 0 Å². The van der Waals surface area contributed by atoms with Gasteiger partial charge in [0, 0.05) is 21.1 Å². The third kappa shape index (κ3) is 2.93. The molecule has 0 heterocycles. The van der Waals surface area contributed by atoms with Crippen molar-refractivity contribution in [2.24, 2.45) is 0 Å². The van der Waals surface area contributed by atoms with Crippen LogP contribution in [0.2, 0.25) is 0 Å². The molecule has 0 saturated heterocycles. The van der Waals surface area contributed by atoms with Gasteiger partial charge in [-0.2, -0.15) is 0 Å². The molecular formula is C22H16BrN. The second-order valence-corrected chi connectivity index (χ2v) is 6.62. The normalized spacial score (nSPS) is 10.7. The van der Waals surface area contributed by atoms with Gasteiger partial charge < -0.3 is 5.32 Å². The molecule has 4 aromatic carbocycles. The van der Waals surface area contributed by atoms with E-state index < -0.39 is 0 Å². The lowest BCUT2D eigenvalue weighted by Gasteiger charge is -2.16. The highest BCUT2D eigenvalue weighted by molar-refractivity contribution is 9.10. The minimum absolute atomic E-state index is 1.08. The van der Waals surface area contributed by atoms with Crippen molar-refractivity contribution >= 4 is 38.1 Å². The molecule has 0 aliphatic rings. The van der Waals surface area contributed by atoms with E-state index in [-0.39, 0.29) is 0 Å². The van der Waals surface area contributed by atoms with Gasteiger partial charge in [-0.15, -0.1) is 0 Å². The summed E-state index contributed by atoms with van der Waals surface area (Å²) in [4.78, 5) is 0. The summed E-state index contributed by atoms with van der Waals surface area (Å²) in [5.41, 5.74) is 4.63. The average molecular weight is 374 g/mol. The lowest BCUT2D eigenvalue weighted by molar-refractivity contribution is 1.54. The molecule has 0 saturated carbocycles. The van der Waals surface area contributed by atoms with Crippen LogP contribution in [0.25, 0.3) is 21.9 Å². The Hall–Kier alpha value is -2.58. The van der Waals surface area contributed by atoms with Gasteiger partial charge in [-0.25, -0.2) is 0 Å². The van der Waals surface area contributed by atoms with E-state index >= 15 is 0 Å². The number of hydrogen-bond donors (Lipinski definition) is 1. The number of halogens is 1. The van der Waals surface area contributed by atoms with Crippen molar-refractivity contribution in [3.63, 3.8) is 0 Å². The molecule has 24 heavy (non-hydrogen) atoms. The highest BCUT2D eigenvalue weighted by atomic mass is 79.9. The van der Waals surface area contributed by atoms with E-state index in [1.165, 1.54) is 21.9 Å². The molecule has 0 amide bonds. The smallest absolute Gasteiger partial charge is 0.0543 e. The summed E-state index contributed by atoms with van der Waals surface area (Å²) in [6.45, 7) is 0. The molecule has 1 N–H and O–H groups in total. The average Bonchev–Trinajstić information content (AvgIpc) is 2.64. The van der Waals surface area contributed by atoms with Gasteiger partial charge in [-0.3, -0.25) is 0 Å². The minimum atomic E-state index is 1.08. The van der Waals surface area contributed by atoms with Crippen LogP contribution in [-0.2, 0) is 0 Å². The topological polar surface area (TPSA) is 12.0 Å². The zero-order chi connectivity index (χ0) is 16.4. The minimum Gasteiger partial charge on any atom is -0.355 e. The van der Waals surface area contributed by atoms with Crippen LogP contribution in [0.1, 0.15) is 0 Å². The van der Waals surface area contributed by atoms with E-state index in [2.05, 4.69) is 106 Å². The number of benzene rings is 4. The highest BCUT2D eigenvalue weighted by Gasteiger charge is 2.09. The Morgan fingerprint density at radius 1 is 0.625 bits per heavy atom. The maximum absolute atomic E-state index is 3.62. The second-order valence-electron chi connectivity index (χ2n) is 5.71. The van der Waals surface area contributed by atoms with E-state index in [9.17, 15) is 0 Å². The summed E-state index contributed by atoms with van der Waals surface area (Å²) < 4.78 is 1.08. The molecule has 116 valence electrons. The lowest BCUT2D eigenvalue weighted by Crippen LogP contribution is -1.95. The van der Waals surface area contributed by atoms with Crippen molar-refractivity contribution in [3.8, 4) is 11.1 Å². The highest BCUT2D eigenvalue weighted by Crippen LogP contribution is 2.36. The number of anilines is 2. The SMILES string of the molecule is Brc1ccc(Nc2c(-c3ccccc3)ccc3ccccc23)cc1.